The minimum Gasteiger partial charge on any atom is -0.497 e. The molecule has 1 saturated heterocycles. The van der Waals surface area contributed by atoms with E-state index in [4.69, 9.17) is 21.7 Å². The minimum atomic E-state index is 0.749. The molecule has 0 saturated carbocycles. The lowest BCUT2D eigenvalue weighted by atomic mass is 10.2. The number of benzene rings is 1. The normalized spacial score (nSPS) is 14.4. The molecule has 0 aromatic heterocycles. The molecule has 1 aliphatic heterocycles. The van der Waals surface area contributed by atoms with Gasteiger partial charge in [-0.25, -0.2) is 0 Å². The molecule has 0 spiro atoms. The fourth-order valence-electron chi connectivity index (χ4n) is 2.03. The number of anilines is 1. The van der Waals surface area contributed by atoms with E-state index in [-0.39, 0.29) is 0 Å². The van der Waals surface area contributed by atoms with Crippen LogP contribution in [0.1, 0.15) is 12.8 Å². The second-order valence-electron chi connectivity index (χ2n) is 4.19. The van der Waals surface area contributed by atoms with Crippen molar-refractivity contribution in [3.63, 3.8) is 0 Å². The maximum atomic E-state index is 5.40. The van der Waals surface area contributed by atoms with Crippen molar-refractivity contribution < 1.29 is 9.47 Å². The molecular formula is C13H18N2O2S. The van der Waals surface area contributed by atoms with Crippen LogP contribution >= 0.6 is 12.2 Å². The lowest BCUT2D eigenvalue weighted by Gasteiger charge is -2.21. The van der Waals surface area contributed by atoms with Crippen LogP contribution in [0.15, 0.2) is 18.2 Å². The third-order valence-electron chi connectivity index (χ3n) is 3.04. The standard InChI is InChI=1S/C13H18N2O2S/c1-16-10-5-6-12(17-2)11(9-10)14-13(18)15-7-3-4-8-15/h5-6,9H,3-4,7-8H2,1-2H3,(H,14,18). The Labute approximate surface area is 113 Å². The smallest absolute Gasteiger partial charge is 0.173 e. The van der Waals surface area contributed by atoms with Gasteiger partial charge in [-0.15, -0.1) is 0 Å². The second-order valence-corrected chi connectivity index (χ2v) is 4.58. The van der Waals surface area contributed by atoms with Gasteiger partial charge in [0.25, 0.3) is 0 Å². The lowest BCUT2D eigenvalue weighted by Crippen LogP contribution is -2.31. The summed E-state index contributed by atoms with van der Waals surface area (Å²) in [6, 6.07) is 5.62. The predicted octanol–water partition coefficient (Wildman–Crippen LogP) is 2.50. The van der Waals surface area contributed by atoms with Crippen molar-refractivity contribution in [1.82, 2.24) is 4.90 Å². The monoisotopic (exact) mass is 266 g/mol. The average Bonchev–Trinajstić information content (AvgIpc) is 2.92. The maximum Gasteiger partial charge on any atom is 0.173 e. The van der Waals surface area contributed by atoms with Gasteiger partial charge in [0, 0.05) is 19.2 Å². The summed E-state index contributed by atoms with van der Waals surface area (Å²) in [5.41, 5.74) is 0.841. The van der Waals surface area contributed by atoms with Gasteiger partial charge < -0.3 is 19.7 Å². The average molecular weight is 266 g/mol. The number of nitrogens with zero attached hydrogens (tertiary/aromatic N) is 1. The Bertz CT molecular complexity index is 431. The van der Waals surface area contributed by atoms with Gasteiger partial charge in [0.1, 0.15) is 11.5 Å². The van der Waals surface area contributed by atoms with Crippen LogP contribution in [-0.2, 0) is 0 Å². The molecule has 0 unspecified atom stereocenters. The Hall–Kier alpha value is -1.49. The zero-order valence-corrected chi connectivity index (χ0v) is 11.5. The second kappa shape index (κ2) is 5.91. The van der Waals surface area contributed by atoms with E-state index < -0.39 is 0 Å². The van der Waals surface area contributed by atoms with Crippen molar-refractivity contribution in [1.29, 1.82) is 0 Å². The highest BCUT2D eigenvalue weighted by Crippen LogP contribution is 2.29. The van der Waals surface area contributed by atoms with Gasteiger partial charge in [-0.05, 0) is 37.2 Å². The van der Waals surface area contributed by atoms with Crippen molar-refractivity contribution in [2.75, 3.05) is 32.6 Å². The van der Waals surface area contributed by atoms with E-state index in [2.05, 4.69) is 10.2 Å². The van der Waals surface area contributed by atoms with Crippen LogP contribution < -0.4 is 14.8 Å². The minimum absolute atomic E-state index is 0.749. The lowest BCUT2D eigenvalue weighted by molar-refractivity contribution is 0.404. The van der Waals surface area contributed by atoms with Crippen LogP contribution in [0.4, 0.5) is 5.69 Å². The summed E-state index contributed by atoms with van der Waals surface area (Å²) < 4.78 is 10.5. The Morgan fingerprint density at radius 2 is 1.94 bits per heavy atom. The van der Waals surface area contributed by atoms with Gasteiger partial charge in [-0.3, -0.25) is 0 Å². The van der Waals surface area contributed by atoms with Gasteiger partial charge in [-0.1, -0.05) is 0 Å². The molecule has 0 amide bonds. The molecule has 1 N–H and O–H groups in total. The molecular weight excluding hydrogens is 248 g/mol. The highest BCUT2D eigenvalue weighted by Gasteiger charge is 2.16. The Balaban J connectivity index is 2.13. The molecule has 2 rings (SSSR count). The van der Waals surface area contributed by atoms with E-state index >= 15 is 0 Å². The number of ether oxygens (including phenoxy) is 2. The molecule has 1 heterocycles. The van der Waals surface area contributed by atoms with Crippen LogP contribution in [0.25, 0.3) is 0 Å². The zero-order valence-electron chi connectivity index (χ0n) is 10.7. The molecule has 4 nitrogen and oxygen atoms in total. The first-order valence-corrected chi connectivity index (χ1v) is 6.43. The van der Waals surface area contributed by atoms with E-state index in [1.807, 2.05) is 18.2 Å². The van der Waals surface area contributed by atoms with Crippen molar-refractivity contribution in [3.05, 3.63) is 18.2 Å². The fraction of sp³-hybridized carbons (Fsp3) is 0.462. The molecule has 1 aromatic rings. The van der Waals surface area contributed by atoms with E-state index in [9.17, 15) is 0 Å². The molecule has 98 valence electrons. The predicted molar refractivity (Wildman–Crippen MR) is 76.6 cm³/mol. The summed E-state index contributed by atoms with van der Waals surface area (Å²) in [6.07, 6.45) is 2.41. The Morgan fingerprint density at radius 1 is 1.22 bits per heavy atom. The summed E-state index contributed by atoms with van der Waals surface area (Å²) >= 11 is 5.40. The van der Waals surface area contributed by atoms with Crippen molar-refractivity contribution >= 4 is 23.0 Å². The Morgan fingerprint density at radius 3 is 2.56 bits per heavy atom. The van der Waals surface area contributed by atoms with Gasteiger partial charge in [0.15, 0.2) is 5.11 Å². The summed E-state index contributed by atoms with van der Waals surface area (Å²) in [4.78, 5) is 2.17. The number of rotatable bonds is 3. The zero-order chi connectivity index (χ0) is 13.0. The number of nitrogens with one attached hydrogen (secondary N) is 1. The highest BCUT2D eigenvalue weighted by molar-refractivity contribution is 7.80. The van der Waals surface area contributed by atoms with Crippen LogP contribution in [0.5, 0.6) is 11.5 Å². The van der Waals surface area contributed by atoms with Gasteiger partial charge >= 0.3 is 0 Å². The fourth-order valence-corrected chi connectivity index (χ4v) is 2.32. The third kappa shape index (κ3) is 2.85. The Kier molecular flexibility index (Phi) is 4.25. The van der Waals surface area contributed by atoms with Crippen molar-refractivity contribution in [2.24, 2.45) is 0 Å². The molecule has 0 bridgehead atoms. The first-order valence-electron chi connectivity index (χ1n) is 6.02. The van der Waals surface area contributed by atoms with Gasteiger partial charge in [0.05, 0.1) is 19.9 Å². The summed E-state index contributed by atoms with van der Waals surface area (Å²) in [7, 11) is 3.29. The summed E-state index contributed by atoms with van der Waals surface area (Å²) in [6.45, 7) is 2.05. The number of thiocarbonyl (C=S) groups is 1. The molecule has 1 aliphatic rings. The van der Waals surface area contributed by atoms with E-state index in [1.54, 1.807) is 14.2 Å². The number of methoxy groups -OCH3 is 2. The first kappa shape index (κ1) is 13.0. The van der Waals surface area contributed by atoms with Crippen LogP contribution in [0.3, 0.4) is 0 Å². The number of hydrogen-bond donors (Lipinski definition) is 1. The van der Waals surface area contributed by atoms with Crippen molar-refractivity contribution in [3.8, 4) is 11.5 Å². The molecule has 1 fully saturated rings. The van der Waals surface area contributed by atoms with Crippen molar-refractivity contribution in [2.45, 2.75) is 12.8 Å². The molecule has 18 heavy (non-hydrogen) atoms. The summed E-state index contributed by atoms with van der Waals surface area (Å²) in [5, 5.41) is 3.98. The quantitative estimate of drug-likeness (QED) is 0.850. The molecule has 0 radical (unpaired) electrons. The highest BCUT2D eigenvalue weighted by atomic mass is 32.1. The topological polar surface area (TPSA) is 33.7 Å². The number of likely N-dealkylation sites (tertiary alicyclic amines) is 1. The van der Waals surface area contributed by atoms with E-state index in [1.165, 1.54) is 12.8 Å². The molecule has 5 heteroatoms. The molecule has 1 aromatic carbocycles. The molecule has 0 atom stereocenters. The van der Waals surface area contributed by atoms with Gasteiger partial charge in [-0.2, -0.15) is 0 Å². The number of hydrogen-bond acceptors (Lipinski definition) is 3. The van der Waals surface area contributed by atoms with E-state index in [0.29, 0.717) is 0 Å². The van der Waals surface area contributed by atoms with Crippen LogP contribution in [0.2, 0.25) is 0 Å². The molecule has 0 aliphatic carbocycles. The summed E-state index contributed by atoms with van der Waals surface area (Å²) in [5.74, 6) is 1.54. The van der Waals surface area contributed by atoms with Crippen LogP contribution in [-0.4, -0.2) is 37.3 Å². The third-order valence-corrected chi connectivity index (χ3v) is 3.40. The largest absolute Gasteiger partial charge is 0.497 e. The van der Waals surface area contributed by atoms with E-state index in [0.717, 1.165) is 35.4 Å². The first-order chi connectivity index (χ1) is 8.74. The van der Waals surface area contributed by atoms with Gasteiger partial charge in [0.2, 0.25) is 0 Å². The maximum absolute atomic E-state index is 5.40. The van der Waals surface area contributed by atoms with Crippen LogP contribution in [0, 0.1) is 0 Å². The SMILES string of the molecule is COc1ccc(OC)c(NC(=S)N2CCCC2)c1.